The van der Waals surface area contributed by atoms with Crippen LogP contribution in [-0.2, 0) is 0 Å². The summed E-state index contributed by atoms with van der Waals surface area (Å²) in [6.45, 7) is 4.79. The monoisotopic (exact) mass is 243 g/mol. The van der Waals surface area contributed by atoms with Gasteiger partial charge in [-0.2, -0.15) is 0 Å². The van der Waals surface area contributed by atoms with E-state index in [0.717, 1.165) is 28.4 Å². The van der Waals surface area contributed by atoms with Crippen LogP contribution in [0.25, 0.3) is 5.57 Å². The Labute approximate surface area is 107 Å². The second-order valence-corrected chi connectivity index (χ2v) is 4.27. The van der Waals surface area contributed by atoms with Gasteiger partial charge in [0.25, 0.3) is 0 Å². The normalized spacial score (nSPS) is 9.94. The molecular weight excluding hydrogens is 230 g/mol. The third kappa shape index (κ3) is 3.36. The molecule has 0 saturated heterocycles. The van der Waals surface area contributed by atoms with Crippen molar-refractivity contribution in [1.82, 2.24) is 0 Å². The van der Waals surface area contributed by atoms with Crippen LogP contribution < -0.4 is 5.32 Å². The zero-order valence-corrected chi connectivity index (χ0v) is 10.2. The van der Waals surface area contributed by atoms with Crippen molar-refractivity contribution in [2.75, 3.05) is 11.9 Å². The van der Waals surface area contributed by atoms with E-state index >= 15 is 0 Å². The number of nitrogens with one attached hydrogen (secondary N) is 1. The molecule has 2 aromatic carbocycles. The van der Waals surface area contributed by atoms with Gasteiger partial charge in [-0.25, -0.2) is 0 Å². The van der Waals surface area contributed by atoms with Gasteiger partial charge in [-0.05, 0) is 35.4 Å². The smallest absolute Gasteiger partial charge is 0.0406 e. The topological polar surface area (TPSA) is 12.0 Å². The van der Waals surface area contributed by atoms with Crippen molar-refractivity contribution in [3.63, 3.8) is 0 Å². The van der Waals surface area contributed by atoms with Crippen molar-refractivity contribution in [1.29, 1.82) is 0 Å². The molecule has 0 aliphatic carbocycles. The van der Waals surface area contributed by atoms with Gasteiger partial charge in [0, 0.05) is 17.3 Å². The molecule has 0 heterocycles. The molecule has 0 aliphatic heterocycles. The number of hydrogen-bond donors (Lipinski definition) is 1. The average molecular weight is 244 g/mol. The fourth-order valence-electron chi connectivity index (χ4n) is 1.55. The minimum atomic E-state index is 0.728. The molecule has 2 aromatic rings. The van der Waals surface area contributed by atoms with Crippen LogP contribution in [-0.4, -0.2) is 6.54 Å². The highest BCUT2D eigenvalue weighted by atomic mass is 35.5. The number of halogens is 1. The molecule has 17 heavy (non-hydrogen) atoms. The van der Waals surface area contributed by atoms with E-state index in [0.29, 0.717) is 0 Å². The Kier molecular flexibility index (Phi) is 3.84. The van der Waals surface area contributed by atoms with Gasteiger partial charge < -0.3 is 5.32 Å². The summed E-state index contributed by atoms with van der Waals surface area (Å²) in [7, 11) is 0. The number of rotatable bonds is 4. The molecule has 1 N–H and O–H groups in total. The Morgan fingerprint density at radius 3 is 2.29 bits per heavy atom. The molecule has 2 rings (SSSR count). The Hall–Kier alpha value is -1.73. The van der Waals surface area contributed by atoms with Crippen molar-refractivity contribution in [2.24, 2.45) is 0 Å². The summed E-state index contributed by atoms with van der Waals surface area (Å²) >= 11 is 5.84. The van der Waals surface area contributed by atoms with Crippen LogP contribution >= 0.6 is 11.6 Å². The summed E-state index contributed by atoms with van der Waals surface area (Å²) in [5.41, 5.74) is 3.26. The quantitative estimate of drug-likeness (QED) is 0.836. The van der Waals surface area contributed by atoms with Crippen LogP contribution in [0.15, 0.2) is 61.2 Å². The zero-order chi connectivity index (χ0) is 12.1. The molecule has 0 atom stereocenters. The number of benzene rings is 2. The van der Waals surface area contributed by atoms with E-state index in [2.05, 4.69) is 11.9 Å². The first-order valence-electron chi connectivity index (χ1n) is 5.48. The predicted molar refractivity (Wildman–Crippen MR) is 75.4 cm³/mol. The standard InChI is InChI=1S/C15H14ClN/c1-12(13-7-9-14(16)10-8-13)11-17-15-5-3-2-4-6-15/h2-10,17H,1,11H2. The summed E-state index contributed by atoms with van der Waals surface area (Å²) in [6, 6.07) is 17.8. The summed E-state index contributed by atoms with van der Waals surface area (Å²) in [4.78, 5) is 0. The third-order valence-corrected chi connectivity index (χ3v) is 2.78. The van der Waals surface area contributed by atoms with Crippen LogP contribution in [0.4, 0.5) is 5.69 Å². The molecule has 0 aromatic heterocycles. The molecule has 0 saturated carbocycles. The summed E-state index contributed by atoms with van der Waals surface area (Å²) < 4.78 is 0. The van der Waals surface area contributed by atoms with Gasteiger partial charge in [0.1, 0.15) is 0 Å². The lowest BCUT2D eigenvalue weighted by atomic mass is 10.1. The Bertz CT molecular complexity index is 488. The van der Waals surface area contributed by atoms with Crippen LogP contribution in [0.2, 0.25) is 5.02 Å². The maximum absolute atomic E-state index is 5.84. The third-order valence-electron chi connectivity index (χ3n) is 2.53. The predicted octanol–water partition coefficient (Wildman–Crippen LogP) is 4.47. The second-order valence-electron chi connectivity index (χ2n) is 3.83. The fourth-order valence-corrected chi connectivity index (χ4v) is 1.68. The Balaban J connectivity index is 1.96. The molecule has 0 unspecified atom stereocenters. The minimum Gasteiger partial charge on any atom is -0.381 e. The van der Waals surface area contributed by atoms with Crippen LogP contribution in [0.5, 0.6) is 0 Å². The van der Waals surface area contributed by atoms with E-state index in [1.807, 2.05) is 54.6 Å². The molecular formula is C15H14ClN. The first-order chi connectivity index (χ1) is 8.25. The fraction of sp³-hybridized carbons (Fsp3) is 0.0667. The van der Waals surface area contributed by atoms with Gasteiger partial charge in [-0.3, -0.25) is 0 Å². The maximum atomic E-state index is 5.84. The van der Waals surface area contributed by atoms with E-state index in [1.165, 1.54) is 0 Å². The molecule has 0 radical (unpaired) electrons. The molecule has 86 valence electrons. The van der Waals surface area contributed by atoms with E-state index in [-0.39, 0.29) is 0 Å². The molecule has 2 heteroatoms. The molecule has 0 aliphatic rings. The number of anilines is 1. The van der Waals surface area contributed by atoms with Gasteiger partial charge in [0.15, 0.2) is 0 Å². The molecule has 0 fully saturated rings. The van der Waals surface area contributed by atoms with Crippen LogP contribution in [0.1, 0.15) is 5.56 Å². The van der Waals surface area contributed by atoms with Crippen LogP contribution in [0, 0.1) is 0 Å². The van der Waals surface area contributed by atoms with Gasteiger partial charge >= 0.3 is 0 Å². The highest BCUT2D eigenvalue weighted by molar-refractivity contribution is 6.30. The summed E-state index contributed by atoms with van der Waals surface area (Å²) in [5.74, 6) is 0. The Morgan fingerprint density at radius 1 is 1.00 bits per heavy atom. The first kappa shape index (κ1) is 11.7. The highest BCUT2D eigenvalue weighted by Crippen LogP contribution is 2.17. The SMILES string of the molecule is C=C(CNc1ccccc1)c1ccc(Cl)cc1. The van der Waals surface area contributed by atoms with E-state index in [1.54, 1.807) is 0 Å². The Morgan fingerprint density at radius 2 is 1.65 bits per heavy atom. The van der Waals surface area contributed by atoms with Gasteiger partial charge in [-0.1, -0.05) is 48.5 Å². The highest BCUT2D eigenvalue weighted by Gasteiger charge is 1.98. The van der Waals surface area contributed by atoms with Crippen molar-refractivity contribution in [3.8, 4) is 0 Å². The molecule has 0 bridgehead atoms. The average Bonchev–Trinajstić information content (AvgIpc) is 2.38. The van der Waals surface area contributed by atoms with Crippen molar-refractivity contribution in [3.05, 3.63) is 71.8 Å². The van der Waals surface area contributed by atoms with Gasteiger partial charge in [0.05, 0.1) is 0 Å². The molecule has 0 amide bonds. The van der Waals surface area contributed by atoms with E-state index in [9.17, 15) is 0 Å². The zero-order valence-electron chi connectivity index (χ0n) is 9.49. The maximum Gasteiger partial charge on any atom is 0.0406 e. The summed E-state index contributed by atoms with van der Waals surface area (Å²) in [6.07, 6.45) is 0. The van der Waals surface area contributed by atoms with Crippen LogP contribution in [0.3, 0.4) is 0 Å². The van der Waals surface area contributed by atoms with Gasteiger partial charge in [0.2, 0.25) is 0 Å². The molecule has 1 nitrogen and oxygen atoms in total. The van der Waals surface area contributed by atoms with Crippen molar-refractivity contribution >= 4 is 22.9 Å². The number of para-hydroxylation sites is 1. The minimum absolute atomic E-state index is 0.728. The van der Waals surface area contributed by atoms with Crippen molar-refractivity contribution < 1.29 is 0 Å². The molecule has 0 spiro atoms. The summed E-state index contributed by atoms with van der Waals surface area (Å²) in [5, 5.41) is 4.07. The lowest BCUT2D eigenvalue weighted by molar-refractivity contribution is 1.34. The first-order valence-corrected chi connectivity index (χ1v) is 5.86. The van der Waals surface area contributed by atoms with Gasteiger partial charge in [-0.15, -0.1) is 0 Å². The lowest BCUT2D eigenvalue weighted by Gasteiger charge is -2.09. The lowest BCUT2D eigenvalue weighted by Crippen LogP contribution is -2.02. The largest absolute Gasteiger partial charge is 0.381 e. The number of hydrogen-bond acceptors (Lipinski definition) is 1. The van der Waals surface area contributed by atoms with Crippen molar-refractivity contribution in [2.45, 2.75) is 0 Å². The second kappa shape index (κ2) is 5.55. The van der Waals surface area contributed by atoms with E-state index < -0.39 is 0 Å². The van der Waals surface area contributed by atoms with E-state index in [4.69, 9.17) is 11.6 Å².